The molecule has 7 heteroatoms. The second kappa shape index (κ2) is 6.84. The van der Waals surface area contributed by atoms with Crippen LogP contribution in [-0.4, -0.2) is 26.5 Å². The fourth-order valence-corrected chi connectivity index (χ4v) is 3.45. The summed E-state index contributed by atoms with van der Waals surface area (Å²) >= 11 is 1.29. The number of carbonyl (C=O) groups excluding carboxylic acids is 2. The van der Waals surface area contributed by atoms with Gasteiger partial charge in [0.25, 0.3) is 11.7 Å². The summed E-state index contributed by atoms with van der Waals surface area (Å²) < 4.78 is 1.59. The average molecular weight is 368 g/mol. The predicted molar refractivity (Wildman–Crippen MR) is 103 cm³/mol. The number of nitrogens with zero attached hydrogens (tertiary/aromatic N) is 3. The van der Waals surface area contributed by atoms with E-state index >= 15 is 0 Å². The van der Waals surface area contributed by atoms with Gasteiger partial charge in [0.2, 0.25) is 0 Å². The Bertz CT molecular complexity index is 1020. The van der Waals surface area contributed by atoms with Crippen molar-refractivity contribution >= 4 is 28.2 Å². The van der Waals surface area contributed by atoms with Gasteiger partial charge >= 0.3 is 0 Å². The number of rotatable bonds is 4. The molecule has 0 saturated carbocycles. The van der Waals surface area contributed by atoms with Crippen LogP contribution < -0.4 is 5.32 Å². The van der Waals surface area contributed by atoms with Gasteiger partial charge in [-0.3, -0.25) is 19.6 Å². The number of hydrogen-bond donors (Lipinski definition) is 1. The molecule has 0 atom stereocenters. The fraction of sp³-hybridized carbons (Fsp3) is 0.263. The molecule has 2 heterocycles. The SMILES string of the molecule is Cc1ccc(-c2csc(NC(=O)C(=O)c3c(C)nn(C)c3C)n2)cc1C. The summed E-state index contributed by atoms with van der Waals surface area (Å²) in [6, 6.07) is 6.10. The van der Waals surface area contributed by atoms with Crippen molar-refractivity contribution in [3.05, 3.63) is 51.7 Å². The quantitative estimate of drug-likeness (QED) is 0.564. The fourth-order valence-electron chi connectivity index (χ4n) is 2.73. The van der Waals surface area contributed by atoms with Crippen LogP contribution in [0.15, 0.2) is 23.6 Å². The topological polar surface area (TPSA) is 76.9 Å². The highest BCUT2D eigenvalue weighted by Gasteiger charge is 2.24. The van der Waals surface area contributed by atoms with E-state index in [0.717, 1.165) is 11.3 Å². The van der Waals surface area contributed by atoms with Gasteiger partial charge in [0, 0.05) is 23.7 Å². The van der Waals surface area contributed by atoms with E-state index in [1.54, 1.807) is 25.6 Å². The maximum Gasteiger partial charge on any atom is 0.298 e. The molecular formula is C19H20N4O2S. The van der Waals surface area contributed by atoms with Gasteiger partial charge in [-0.15, -0.1) is 11.3 Å². The van der Waals surface area contributed by atoms with Crippen LogP contribution in [0.25, 0.3) is 11.3 Å². The van der Waals surface area contributed by atoms with Crippen LogP contribution in [0.3, 0.4) is 0 Å². The maximum atomic E-state index is 12.5. The molecule has 134 valence electrons. The third-order valence-corrected chi connectivity index (χ3v) is 5.23. The second-order valence-corrected chi connectivity index (χ2v) is 7.15. The summed E-state index contributed by atoms with van der Waals surface area (Å²) in [6.07, 6.45) is 0. The van der Waals surface area contributed by atoms with Crippen molar-refractivity contribution < 1.29 is 9.59 Å². The zero-order chi connectivity index (χ0) is 19.0. The van der Waals surface area contributed by atoms with Gasteiger partial charge < -0.3 is 0 Å². The highest BCUT2D eigenvalue weighted by atomic mass is 32.1. The molecule has 1 amide bonds. The minimum Gasteiger partial charge on any atom is -0.295 e. The van der Waals surface area contributed by atoms with Crippen LogP contribution >= 0.6 is 11.3 Å². The monoisotopic (exact) mass is 368 g/mol. The molecule has 0 spiro atoms. The van der Waals surface area contributed by atoms with E-state index in [4.69, 9.17) is 0 Å². The lowest BCUT2D eigenvalue weighted by atomic mass is 10.1. The Kier molecular flexibility index (Phi) is 4.73. The van der Waals surface area contributed by atoms with E-state index in [-0.39, 0.29) is 0 Å². The van der Waals surface area contributed by atoms with Gasteiger partial charge in [-0.1, -0.05) is 12.1 Å². The van der Waals surface area contributed by atoms with Crippen molar-refractivity contribution in [2.24, 2.45) is 7.05 Å². The van der Waals surface area contributed by atoms with Gasteiger partial charge in [-0.05, 0) is 44.9 Å². The third-order valence-electron chi connectivity index (χ3n) is 4.47. The first-order valence-electron chi connectivity index (χ1n) is 8.17. The Hall–Kier alpha value is -2.80. The van der Waals surface area contributed by atoms with E-state index in [2.05, 4.69) is 28.4 Å². The molecule has 2 aromatic heterocycles. The van der Waals surface area contributed by atoms with Crippen LogP contribution in [0.5, 0.6) is 0 Å². The summed E-state index contributed by atoms with van der Waals surface area (Å²) in [4.78, 5) is 29.2. The first kappa shape index (κ1) is 18.0. The van der Waals surface area contributed by atoms with Crippen LogP contribution in [-0.2, 0) is 11.8 Å². The Balaban J connectivity index is 1.79. The lowest BCUT2D eigenvalue weighted by molar-refractivity contribution is -0.112. The zero-order valence-electron chi connectivity index (χ0n) is 15.4. The molecule has 0 aliphatic rings. The molecule has 6 nitrogen and oxygen atoms in total. The molecule has 1 N–H and O–H groups in total. The summed E-state index contributed by atoms with van der Waals surface area (Å²) in [5.41, 5.74) is 5.70. The van der Waals surface area contributed by atoms with Crippen LogP contribution in [0, 0.1) is 27.7 Å². The molecule has 0 aliphatic heterocycles. The number of benzene rings is 1. The predicted octanol–water partition coefficient (Wildman–Crippen LogP) is 3.60. The summed E-state index contributed by atoms with van der Waals surface area (Å²) in [5.74, 6) is -1.30. The van der Waals surface area contributed by atoms with Crippen LogP contribution in [0.2, 0.25) is 0 Å². The summed E-state index contributed by atoms with van der Waals surface area (Å²) in [5, 5.41) is 9.05. The Morgan fingerprint density at radius 3 is 2.46 bits per heavy atom. The number of thiazole rings is 1. The lowest BCUT2D eigenvalue weighted by Crippen LogP contribution is -2.23. The van der Waals surface area contributed by atoms with Crippen molar-refractivity contribution in [3.8, 4) is 11.3 Å². The molecule has 3 aromatic rings. The van der Waals surface area contributed by atoms with Gasteiger partial charge in [0.15, 0.2) is 5.13 Å². The standard InChI is InChI=1S/C19H20N4O2S/c1-10-6-7-14(8-11(10)2)15-9-26-19(20-15)21-18(25)17(24)16-12(3)22-23(5)13(16)4/h6-9H,1-5H3,(H,20,21,25). The van der Waals surface area contributed by atoms with Crippen molar-refractivity contribution in [2.45, 2.75) is 27.7 Å². The van der Waals surface area contributed by atoms with Gasteiger partial charge in [0.05, 0.1) is 17.0 Å². The highest BCUT2D eigenvalue weighted by molar-refractivity contribution is 7.14. The van der Waals surface area contributed by atoms with Crippen LogP contribution in [0.1, 0.15) is 32.9 Å². The van der Waals surface area contributed by atoms with Crippen LogP contribution in [0.4, 0.5) is 5.13 Å². The smallest absolute Gasteiger partial charge is 0.295 e. The number of amides is 1. The van der Waals surface area contributed by atoms with E-state index in [1.807, 2.05) is 24.4 Å². The number of aryl methyl sites for hydroxylation is 4. The molecule has 1 aromatic carbocycles. The Morgan fingerprint density at radius 1 is 1.12 bits per heavy atom. The van der Waals surface area contributed by atoms with Gasteiger partial charge in [-0.25, -0.2) is 4.98 Å². The van der Waals surface area contributed by atoms with Crippen molar-refractivity contribution in [1.29, 1.82) is 0 Å². The minimum absolute atomic E-state index is 0.343. The zero-order valence-corrected chi connectivity index (χ0v) is 16.2. The van der Waals surface area contributed by atoms with Crippen molar-refractivity contribution in [3.63, 3.8) is 0 Å². The molecule has 0 unspecified atom stereocenters. The molecule has 0 saturated heterocycles. The number of Topliss-reactive ketones (excluding diaryl/α,β-unsaturated/α-hetero) is 1. The average Bonchev–Trinajstić information content (AvgIpc) is 3.14. The van der Waals surface area contributed by atoms with E-state index < -0.39 is 11.7 Å². The molecular weight excluding hydrogens is 348 g/mol. The summed E-state index contributed by atoms with van der Waals surface area (Å²) in [7, 11) is 1.74. The molecule has 0 bridgehead atoms. The first-order chi connectivity index (χ1) is 12.3. The molecule has 3 rings (SSSR count). The number of aromatic nitrogens is 3. The van der Waals surface area contributed by atoms with Gasteiger partial charge in [0.1, 0.15) is 0 Å². The van der Waals surface area contributed by atoms with E-state index in [1.165, 1.54) is 22.5 Å². The molecule has 0 fully saturated rings. The number of nitrogens with one attached hydrogen (secondary N) is 1. The Labute approximate surface area is 155 Å². The molecule has 0 radical (unpaired) electrons. The largest absolute Gasteiger partial charge is 0.298 e. The minimum atomic E-state index is -0.704. The van der Waals surface area contributed by atoms with Crippen molar-refractivity contribution in [1.82, 2.24) is 14.8 Å². The Morgan fingerprint density at radius 2 is 1.85 bits per heavy atom. The van der Waals surface area contributed by atoms with E-state index in [0.29, 0.717) is 22.1 Å². The molecule has 0 aliphatic carbocycles. The highest BCUT2D eigenvalue weighted by Crippen LogP contribution is 2.26. The normalized spacial score (nSPS) is 10.8. The number of ketones is 1. The van der Waals surface area contributed by atoms with E-state index in [9.17, 15) is 9.59 Å². The number of anilines is 1. The number of carbonyl (C=O) groups is 2. The second-order valence-electron chi connectivity index (χ2n) is 6.29. The molecule has 26 heavy (non-hydrogen) atoms. The summed E-state index contributed by atoms with van der Waals surface area (Å²) in [6.45, 7) is 7.58. The maximum absolute atomic E-state index is 12.5. The number of hydrogen-bond acceptors (Lipinski definition) is 5. The lowest BCUT2D eigenvalue weighted by Gasteiger charge is -2.03. The third kappa shape index (κ3) is 3.30. The van der Waals surface area contributed by atoms with Gasteiger partial charge in [-0.2, -0.15) is 5.10 Å². The first-order valence-corrected chi connectivity index (χ1v) is 9.05. The van der Waals surface area contributed by atoms with Crippen molar-refractivity contribution in [2.75, 3.05) is 5.32 Å².